The van der Waals surface area contributed by atoms with Crippen molar-refractivity contribution in [2.24, 2.45) is 0 Å². The first kappa shape index (κ1) is 10.7. The first-order valence-corrected chi connectivity index (χ1v) is 6.02. The zero-order valence-electron chi connectivity index (χ0n) is 8.48. The van der Waals surface area contributed by atoms with Crippen molar-refractivity contribution < 1.29 is 0 Å². The molecule has 0 aliphatic heterocycles. The molecule has 0 saturated carbocycles. The Bertz CT molecular complexity index is 681. The molecule has 3 aromatic rings. The first-order valence-electron chi connectivity index (χ1n) is 4.85. The summed E-state index contributed by atoms with van der Waals surface area (Å²) in [6.07, 6.45) is 4.97. The van der Waals surface area contributed by atoms with Crippen molar-refractivity contribution in [3.05, 3.63) is 40.5 Å². The molecule has 0 radical (unpaired) electrons. The Balaban J connectivity index is 2.37. The topological polar surface area (TPSA) is 54.5 Å². The number of hydrogen-bond donors (Lipinski definition) is 1. The Morgan fingerprint density at radius 3 is 2.71 bits per heavy atom. The van der Waals surface area contributed by atoms with Crippen LogP contribution < -0.4 is 0 Å². The molecule has 0 aromatic carbocycles. The third-order valence-electron chi connectivity index (χ3n) is 2.44. The predicted molar refractivity (Wildman–Crippen MR) is 69.8 cm³/mol. The number of fused-ring (bicyclic) bond motifs is 1. The number of nitrogens with zero attached hydrogens (tertiary/aromatic N) is 3. The zero-order valence-corrected chi connectivity index (χ0v) is 10.8. The summed E-state index contributed by atoms with van der Waals surface area (Å²) < 4.78 is 0.779. The van der Waals surface area contributed by atoms with Crippen LogP contribution in [0.3, 0.4) is 0 Å². The van der Waals surface area contributed by atoms with Gasteiger partial charge in [0.05, 0.1) is 15.6 Å². The fraction of sp³-hybridized carbons (Fsp3) is 0. The van der Waals surface area contributed by atoms with Crippen LogP contribution in [0.1, 0.15) is 0 Å². The van der Waals surface area contributed by atoms with Gasteiger partial charge in [0, 0.05) is 18.0 Å². The van der Waals surface area contributed by atoms with E-state index in [2.05, 4.69) is 35.9 Å². The highest BCUT2D eigenvalue weighted by Gasteiger charge is 2.14. The Labute approximate surface area is 110 Å². The number of halogens is 2. The molecular formula is C11H6BrClN4. The van der Waals surface area contributed by atoms with Crippen molar-refractivity contribution in [1.29, 1.82) is 0 Å². The Morgan fingerprint density at radius 1 is 1.18 bits per heavy atom. The number of aromatic nitrogens is 4. The summed E-state index contributed by atoms with van der Waals surface area (Å²) in [4.78, 5) is 15.4. The maximum absolute atomic E-state index is 6.03. The van der Waals surface area contributed by atoms with E-state index in [1.54, 1.807) is 12.4 Å². The molecule has 0 amide bonds. The molecule has 3 aromatic heterocycles. The monoisotopic (exact) mass is 308 g/mol. The Kier molecular flexibility index (Phi) is 2.57. The number of rotatable bonds is 1. The van der Waals surface area contributed by atoms with Crippen molar-refractivity contribution in [3.63, 3.8) is 0 Å². The summed E-state index contributed by atoms with van der Waals surface area (Å²) in [5, 5.41) is 1.40. The molecule has 0 atom stereocenters. The smallest absolute Gasteiger partial charge is 0.143 e. The predicted octanol–water partition coefficient (Wildman–Crippen LogP) is 3.44. The molecule has 0 saturated heterocycles. The van der Waals surface area contributed by atoms with Gasteiger partial charge in [-0.15, -0.1) is 0 Å². The molecule has 0 aliphatic rings. The highest BCUT2D eigenvalue weighted by molar-refractivity contribution is 9.10. The third-order valence-corrected chi connectivity index (χ3v) is 3.75. The van der Waals surface area contributed by atoms with Crippen LogP contribution in [0.4, 0.5) is 0 Å². The van der Waals surface area contributed by atoms with Gasteiger partial charge in [0.15, 0.2) is 0 Å². The molecule has 6 heteroatoms. The summed E-state index contributed by atoms with van der Waals surface area (Å²) in [5.74, 6) is 0. The van der Waals surface area contributed by atoms with Gasteiger partial charge in [-0.05, 0) is 28.1 Å². The minimum absolute atomic E-state index is 0.524. The summed E-state index contributed by atoms with van der Waals surface area (Å²) in [6.45, 7) is 0. The maximum Gasteiger partial charge on any atom is 0.143 e. The van der Waals surface area contributed by atoms with Crippen LogP contribution in [0, 0.1) is 0 Å². The molecule has 1 N–H and O–H groups in total. The minimum Gasteiger partial charge on any atom is -0.329 e. The quantitative estimate of drug-likeness (QED) is 0.749. The SMILES string of the molecule is Clc1[nH]c2ncnc(-c3ccncc3)c2c1Br. The van der Waals surface area contributed by atoms with E-state index in [0.29, 0.717) is 10.8 Å². The summed E-state index contributed by atoms with van der Waals surface area (Å²) in [5.41, 5.74) is 2.51. The second-order valence-corrected chi connectivity index (χ2v) is 4.61. The second-order valence-electron chi connectivity index (χ2n) is 3.43. The normalized spacial score (nSPS) is 10.9. The van der Waals surface area contributed by atoms with Crippen LogP contribution in [-0.2, 0) is 0 Å². The summed E-state index contributed by atoms with van der Waals surface area (Å²) in [6, 6.07) is 3.80. The van der Waals surface area contributed by atoms with E-state index in [1.165, 1.54) is 6.33 Å². The lowest BCUT2D eigenvalue weighted by atomic mass is 10.1. The fourth-order valence-electron chi connectivity index (χ4n) is 1.69. The van der Waals surface area contributed by atoms with E-state index in [1.807, 2.05) is 12.1 Å². The van der Waals surface area contributed by atoms with Gasteiger partial charge in [-0.25, -0.2) is 9.97 Å². The van der Waals surface area contributed by atoms with Crippen LogP contribution in [0.25, 0.3) is 22.3 Å². The number of aromatic amines is 1. The van der Waals surface area contributed by atoms with E-state index in [0.717, 1.165) is 21.1 Å². The van der Waals surface area contributed by atoms with Crippen LogP contribution in [0.15, 0.2) is 35.3 Å². The first-order chi connectivity index (χ1) is 8.27. The average molecular weight is 310 g/mol. The number of hydrogen-bond acceptors (Lipinski definition) is 3. The van der Waals surface area contributed by atoms with Crippen molar-refractivity contribution in [3.8, 4) is 11.3 Å². The molecular weight excluding hydrogens is 304 g/mol. The van der Waals surface area contributed by atoms with Gasteiger partial charge in [0.1, 0.15) is 17.1 Å². The molecule has 4 nitrogen and oxygen atoms in total. The fourth-order valence-corrected chi connectivity index (χ4v) is 2.34. The lowest BCUT2D eigenvalue weighted by molar-refractivity contribution is 1.20. The van der Waals surface area contributed by atoms with Crippen molar-refractivity contribution in [1.82, 2.24) is 19.9 Å². The Morgan fingerprint density at radius 2 is 1.94 bits per heavy atom. The number of nitrogens with one attached hydrogen (secondary N) is 1. The van der Waals surface area contributed by atoms with Gasteiger partial charge in [-0.3, -0.25) is 4.98 Å². The summed E-state index contributed by atoms with van der Waals surface area (Å²) >= 11 is 9.47. The molecule has 3 heterocycles. The maximum atomic E-state index is 6.03. The van der Waals surface area contributed by atoms with Gasteiger partial charge in [-0.1, -0.05) is 11.6 Å². The third kappa shape index (κ3) is 1.71. The lowest BCUT2D eigenvalue weighted by Crippen LogP contribution is -1.87. The lowest BCUT2D eigenvalue weighted by Gasteiger charge is -2.01. The molecule has 0 aliphatic carbocycles. The molecule has 0 spiro atoms. The number of pyridine rings is 1. The Hall–Kier alpha value is -1.46. The van der Waals surface area contributed by atoms with Gasteiger partial charge in [0.25, 0.3) is 0 Å². The van der Waals surface area contributed by atoms with E-state index in [4.69, 9.17) is 11.6 Å². The standard InChI is InChI=1S/C11H6BrClN4/c12-8-7-9(6-1-3-14-4-2-6)15-5-16-11(7)17-10(8)13/h1-5H,(H,15,16,17). The largest absolute Gasteiger partial charge is 0.329 e. The van der Waals surface area contributed by atoms with Gasteiger partial charge >= 0.3 is 0 Å². The van der Waals surface area contributed by atoms with Crippen molar-refractivity contribution in [2.45, 2.75) is 0 Å². The minimum atomic E-state index is 0.524. The van der Waals surface area contributed by atoms with Crippen LogP contribution in [-0.4, -0.2) is 19.9 Å². The summed E-state index contributed by atoms with van der Waals surface area (Å²) in [7, 11) is 0. The molecule has 84 valence electrons. The van der Waals surface area contributed by atoms with Gasteiger partial charge in [-0.2, -0.15) is 0 Å². The molecule has 3 rings (SSSR count). The molecule has 17 heavy (non-hydrogen) atoms. The molecule has 0 fully saturated rings. The van der Waals surface area contributed by atoms with Gasteiger partial charge < -0.3 is 4.98 Å². The van der Waals surface area contributed by atoms with Crippen molar-refractivity contribution >= 4 is 38.6 Å². The van der Waals surface area contributed by atoms with E-state index >= 15 is 0 Å². The second kappa shape index (κ2) is 4.09. The highest BCUT2D eigenvalue weighted by Crippen LogP contribution is 2.35. The average Bonchev–Trinajstić information content (AvgIpc) is 2.66. The van der Waals surface area contributed by atoms with E-state index in [-0.39, 0.29) is 0 Å². The number of H-pyrrole nitrogens is 1. The molecule has 0 unspecified atom stereocenters. The molecule has 0 bridgehead atoms. The van der Waals surface area contributed by atoms with Crippen LogP contribution in [0.2, 0.25) is 5.15 Å². The zero-order chi connectivity index (χ0) is 11.8. The van der Waals surface area contributed by atoms with Gasteiger partial charge in [0.2, 0.25) is 0 Å². The van der Waals surface area contributed by atoms with E-state index < -0.39 is 0 Å². The van der Waals surface area contributed by atoms with Crippen molar-refractivity contribution in [2.75, 3.05) is 0 Å². The van der Waals surface area contributed by atoms with Crippen LogP contribution in [0.5, 0.6) is 0 Å². The van der Waals surface area contributed by atoms with Crippen LogP contribution >= 0.6 is 27.5 Å². The highest BCUT2D eigenvalue weighted by atomic mass is 79.9. The van der Waals surface area contributed by atoms with E-state index in [9.17, 15) is 0 Å².